The first-order valence-corrected chi connectivity index (χ1v) is 4.82. The molecule has 0 amide bonds. The monoisotopic (exact) mass is 225 g/mol. The summed E-state index contributed by atoms with van der Waals surface area (Å²) >= 11 is 5.91. The lowest BCUT2D eigenvalue weighted by molar-refractivity contribution is 0.274. The number of aromatic nitrogens is 1. The van der Waals surface area contributed by atoms with E-state index in [9.17, 15) is 4.39 Å². The maximum absolute atomic E-state index is 12.8. The molecule has 15 heavy (non-hydrogen) atoms. The highest BCUT2D eigenvalue weighted by Crippen LogP contribution is 2.23. The van der Waals surface area contributed by atoms with Gasteiger partial charge in [0.1, 0.15) is 5.82 Å². The van der Waals surface area contributed by atoms with Gasteiger partial charge in [-0.05, 0) is 30.3 Å². The van der Waals surface area contributed by atoms with Crippen molar-refractivity contribution in [3.8, 4) is 5.69 Å². The molecule has 0 aliphatic carbocycles. The zero-order chi connectivity index (χ0) is 10.8. The number of rotatable bonds is 2. The molecule has 0 radical (unpaired) electrons. The van der Waals surface area contributed by atoms with Crippen LogP contribution in [0.25, 0.3) is 5.69 Å². The highest BCUT2D eigenvalue weighted by molar-refractivity contribution is 6.32. The SMILES string of the molecule is OCc1cccn1-c1ccc(F)cc1Cl. The van der Waals surface area contributed by atoms with Crippen LogP contribution in [0.5, 0.6) is 0 Å². The van der Waals surface area contributed by atoms with Crippen molar-refractivity contribution < 1.29 is 9.50 Å². The fourth-order valence-corrected chi connectivity index (χ4v) is 1.72. The number of hydrogen-bond donors (Lipinski definition) is 1. The molecule has 78 valence electrons. The molecule has 1 heterocycles. The Kier molecular flexibility index (Phi) is 2.75. The van der Waals surface area contributed by atoms with E-state index in [1.165, 1.54) is 12.1 Å². The van der Waals surface area contributed by atoms with Crippen LogP contribution in [0.1, 0.15) is 5.69 Å². The minimum absolute atomic E-state index is 0.0826. The van der Waals surface area contributed by atoms with E-state index in [1.54, 1.807) is 29.0 Å². The van der Waals surface area contributed by atoms with Crippen LogP contribution >= 0.6 is 11.6 Å². The molecule has 2 aromatic rings. The molecule has 4 heteroatoms. The second-order valence-corrected chi connectivity index (χ2v) is 3.53. The largest absolute Gasteiger partial charge is 0.390 e. The smallest absolute Gasteiger partial charge is 0.124 e. The molecule has 0 saturated carbocycles. The summed E-state index contributed by atoms with van der Waals surface area (Å²) in [7, 11) is 0. The summed E-state index contributed by atoms with van der Waals surface area (Å²) < 4.78 is 14.6. The van der Waals surface area contributed by atoms with E-state index in [4.69, 9.17) is 16.7 Å². The summed E-state index contributed by atoms with van der Waals surface area (Å²) in [6, 6.07) is 7.74. The lowest BCUT2D eigenvalue weighted by Crippen LogP contribution is -1.99. The molecule has 0 fully saturated rings. The van der Waals surface area contributed by atoms with Gasteiger partial charge in [-0.3, -0.25) is 0 Å². The van der Waals surface area contributed by atoms with Crippen LogP contribution < -0.4 is 0 Å². The van der Waals surface area contributed by atoms with Crippen molar-refractivity contribution in [2.24, 2.45) is 0 Å². The van der Waals surface area contributed by atoms with Crippen LogP contribution in [0.3, 0.4) is 0 Å². The molecule has 2 nitrogen and oxygen atoms in total. The Morgan fingerprint density at radius 1 is 1.33 bits per heavy atom. The summed E-state index contributed by atoms with van der Waals surface area (Å²) in [5, 5.41) is 9.40. The molecule has 0 aliphatic heterocycles. The first kappa shape index (κ1) is 10.2. The van der Waals surface area contributed by atoms with Crippen molar-refractivity contribution in [2.75, 3.05) is 0 Å². The highest BCUT2D eigenvalue weighted by atomic mass is 35.5. The van der Waals surface area contributed by atoms with Gasteiger partial charge in [-0.25, -0.2) is 4.39 Å². The van der Waals surface area contributed by atoms with Crippen LogP contribution in [0.2, 0.25) is 5.02 Å². The molecule has 1 aromatic heterocycles. The van der Waals surface area contributed by atoms with Crippen molar-refractivity contribution in [1.82, 2.24) is 4.57 Å². The zero-order valence-electron chi connectivity index (χ0n) is 7.82. The Labute approximate surface area is 91.5 Å². The molecule has 0 saturated heterocycles. The minimum Gasteiger partial charge on any atom is -0.390 e. The Morgan fingerprint density at radius 2 is 2.13 bits per heavy atom. The molecule has 1 N–H and O–H groups in total. The summed E-state index contributed by atoms with van der Waals surface area (Å²) in [5.41, 5.74) is 1.37. The fraction of sp³-hybridized carbons (Fsp3) is 0.0909. The lowest BCUT2D eigenvalue weighted by atomic mass is 10.3. The van der Waals surface area contributed by atoms with E-state index < -0.39 is 0 Å². The predicted molar refractivity (Wildman–Crippen MR) is 56.7 cm³/mol. The third-order valence-corrected chi connectivity index (χ3v) is 2.47. The number of aliphatic hydroxyl groups excluding tert-OH is 1. The van der Waals surface area contributed by atoms with Gasteiger partial charge in [-0.2, -0.15) is 0 Å². The zero-order valence-corrected chi connectivity index (χ0v) is 8.58. The van der Waals surface area contributed by atoms with Gasteiger partial charge in [0.25, 0.3) is 0 Å². The molecule has 0 bridgehead atoms. The van der Waals surface area contributed by atoms with Crippen LogP contribution in [0, 0.1) is 5.82 Å². The van der Waals surface area contributed by atoms with Gasteiger partial charge in [0.05, 0.1) is 17.3 Å². The molecular weight excluding hydrogens is 217 g/mol. The topological polar surface area (TPSA) is 25.2 Å². The average Bonchev–Trinajstić information content (AvgIpc) is 2.65. The van der Waals surface area contributed by atoms with E-state index in [0.29, 0.717) is 16.4 Å². The van der Waals surface area contributed by atoms with Crippen LogP contribution in [-0.2, 0) is 6.61 Å². The maximum Gasteiger partial charge on any atom is 0.124 e. The maximum atomic E-state index is 12.8. The fourth-order valence-electron chi connectivity index (χ4n) is 1.46. The van der Waals surface area contributed by atoms with E-state index in [2.05, 4.69) is 0 Å². The standard InChI is InChI=1S/C11H9ClFNO/c12-10-6-8(13)3-4-11(10)14-5-1-2-9(14)7-15/h1-6,15H,7H2. The third kappa shape index (κ3) is 1.89. The van der Waals surface area contributed by atoms with E-state index in [-0.39, 0.29) is 12.4 Å². The Balaban J connectivity index is 2.54. The number of nitrogens with zero attached hydrogens (tertiary/aromatic N) is 1. The summed E-state index contributed by atoms with van der Waals surface area (Å²) in [4.78, 5) is 0. The molecule has 2 rings (SSSR count). The molecular formula is C11H9ClFNO. The van der Waals surface area contributed by atoms with Crippen molar-refractivity contribution in [2.45, 2.75) is 6.61 Å². The Bertz CT molecular complexity index is 481. The van der Waals surface area contributed by atoms with Gasteiger partial charge in [0.15, 0.2) is 0 Å². The van der Waals surface area contributed by atoms with Gasteiger partial charge < -0.3 is 9.67 Å². The highest BCUT2D eigenvalue weighted by Gasteiger charge is 2.06. The Morgan fingerprint density at radius 3 is 2.80 bits per heavy atom. The summed E-state index contributed by atoms with van der Waals surface area (Å²) in [6.45, 7) is -0.0826. The normalized spacial score (nSPS) is 10.6. The molecule has 0 spiro atoms. The number of benzene rings is 1. The van der Waals surface area contributed by atoms with E-state index >= 15 is 0 Å². The van der Waals surface area contributed by atoms with Crippen LogP contribution in [0.15, 0.2) is 36.5 Å². The van der Waals surface area contributed by atoms with Crippen molar-refractivity contribution >= 4 is 11.6 Å². The Hall–Kier alpha value is -1.32. The van der Waals surface area contributed by atoms with Gasteiger partial charge in [0, 0.05) is 11.9 Å². The predicted octanol–water partition coefficient (Wildman–Crippen LogP) is 2.76. The summed E-state index contributed by atoms with van der Waals surface area (Å²) in [6.07, 6.45) is 1.77. The number of halogens is 2. The number of aliphatic hydroxyl groups is 1. The molecule has 0 unspecified atom stereocenters. The quantitative estimate of drug-likeness (QED) is 0.836. The van der Waals surface area contributed by atoms with Crippen LogP contribution in [-0.4, -0.2) is 9.67 Å². The van der Waals surface area contributed by atoms with E-state index in [0.717, 1.165) is 0 Å². The first-order chi connectivity index (χ1) is 7.22. The first-order valence-electron chi connectivity index (χ1n) is 4.45. The lowest BCUT2D eigenvalue weighted by Gasteiger charge is -2.09. The molecule has 1 aromatic carbocycles. The van der Waals surface area contributed by atoms with Crippen LogP contribution in [0.4, 0.5) is 4.39 Å². The van der Waals surface area contributed by atoms with E-state index in [1.807, 2.05) is 0 Å². The average molecular weight is 226 g/mol. The van der Waals surface area contributed by atoms with Crippen molar-refractivity contribution in [3.05, 3.63) is 53.1 Å². The second-order valence-electron chi connectivity index (χ2n) is 3.12. The van der Waals surface area contributed by atoms with Crippen molar-refractivity contribution in [1.29, 1.82) is 0 Å². The van der Waals surface area contributed by atoms with Gasteiger partial charge in [-0.1, -0.05) is 11.6 Å². The second kappa shape index (κ2) is 4.04. The molecule has 0 atom stereocenters. The minimum atomic E-state index is -0.374. The van der Waals surface area contributed by atoms with Gasteiger partial charge >= 0.3 is 0 Å². The van der Waals surface area contributed by atoms with Gasteiger partial charge in [-0.15, -0.1) is 0 Å². The third-order valence-electron chi connectivity index (χ3n) is 2.16. The van der Waals surface area contributed by atoms with Crippen molar-refractivity contribution in [3.63, 3.8) is 0 Å². The number of hydrogen-bond acceptors (Lipinski definition) is 1. The molecule has 0 aliphatic rings. The van der Waals surface area contributed by atoms with Gasteiger partial charge in [0.2, 0.25) is 0 Å². The summed E-state index contributed by atoms with van der Waals surface area (Å²) in [5.74, 6) is -0.374.